The number of hydrogen-bond donors (Lipinski definition) is 3. The van der Waals surface area contributed by atoms with Gasteiger partial charge in [-0.15, -0.1) is 0 Å². The van der Waals surface area contributed by atoms with Crippen LogP contribution in [0.4, 0.5) is 11.4 Å². The Hall–Kier alpha value is -3.64. The van der Waals surface area contributed by atoms with E-state index >= 15 is 0 Å². The van der Waals surface area contributed by atoms with E-state index in [9.17, 15) is 14.4 Å². The summed E-state index contributed by atoms with van der Waals surface area (Å²) >= 11 is 6.22. The average molecular weight is 408 g/mol. The Balaban J connectivity index is 1.55. The number of halogens is 1. The van der Waals surface area contributed by atoms with Crippen molar-refractivity contribution in [2.75, 3.05) is 17.2 Å². The van der Waals surface area contributed by atoms with Gasteiger partial charge in [-0.1, -0.05) is 48.0 Å². The van der Waals surface area contributed by atoms with Crippen LogP contribution in [0.5, 0.6) is 0 Å². The minimum Gasteiger partial charge on any atom is -0.343 e. The number of anilines is 2. The van der Waals surface area contributed by atoms with Crippen molar-refractivity contribution < 1.29 is 14.4 Å². The third-order valence-corrected chi connectivity index (χ3v) is 4.30. The van der Waals surface area contributed by atoms with Crippen molar-refractivity contribution in [3.63, 3.8) is 0 Å². The molecule has 0 bridgehead atoms. The van der Waals surface area contributed by atoms with Gasteiger partial charge in [0.2, 0.25) is 5.91 Å². The topological polar surface area (TPSA) is 87.3 Å². The van der Waals surface area contributed by atoms with Crippen LogP contribution >= 0.6 is 11.6 Å². The quantitative estimate of drug-likeness (QED) is 0.578. The standard InChI is InChI=1S/C22H18ClN3O3/c23-18-13-17(11-12-19(18)26-22(29)16-9-5-2-6-10-16)25-20(27)14-24-21(28)15-7-3-1-4-8-15/h1-13H,14H2,(H,24,28)(H,25,27)(H,26,29). The van der Waals surface area contributed by atoms with Gasteiger partial charge in [0.1, 0.15) is 0 Å². The normalized spacial score (nSPS) is 10.1. The zero-order chi connectivity index (χ0) is 20.6. The second-order valence-corrected chi connectivity index (χ2v) is 6.52. The molecule has 0 fully saturated rings. The molecule has 0 saturated heterocycles. The molecule has 0 aliphatic heterocycles. The number of rotatable bonds is 6. The number of hydrogen-bond acceptors (Lipinski definition) is 3. The maximum Gasteiger partial charge on any atom is 0.255 e. The third kappa shape index (κ3) is 5.67. The van der Waals surface area contributed by atoms with E-state index in [1.54, 1.807) is 66.7 Å². The summed E-state index contributed by atoms with van der Waals surface area (Å²) in [6.45, 7) is -0.183. The fourth-order valence-corrected chi connectivity index (χ4v) is 2.76. The minimum absolute atomic E-state index is 0.183. The van der Waals surface area contributed by atoms with Gasteiger partial charge < -0.3 is 16.0 Å². The Labute approximate surface area is 172 Å². The highest BCUT2D eigenvalue weighted by atomic mass is 35.5. The molecule has 0 aliphatic carbocycles. The first-order valence-electron chi connectivity index (χ1n) is 8.82. The number of nitrogens with one attached hydrogen (secondary N) is 3. The molecule has 29 heavy (non-hydrogen) atoms. The van der Waals surface area contributed by atoms with E-state index in [0.717, 1.165) is 0 Å². The van der Waals surface area contributed by atoms with E-state index < -0.39 is 5.91 Å². The van der Waals surface area contributed by atoms with Gasteiger partial charge in [-0.2, -0.15) is 0 Å². The summed E-state index contributed by atoms with van der Waals surface area (Å²) in [5.41, 5.74) is 1.86. The van der Waals surface area contributed by atoms with Gasteiger partial charge in [0.15, 0.2) is 0 Å². The van der Waals surface area contributed by atoms with Crippen LogP contribution < -0.4 is 16.0 Å². The van der Waals surface area contributed by atoms with Gasteiger partial charge in [0.05, 0.1) is 17.3 Å². The van der Waals surface area contributed by atoms with Crippen LogP contribution in [0.25, 0.3) is 0 Å². The van der Waals surface area contributed by atoms with Crippen molar-refractivity contribution >= 4 is 40.7 Å². The minimum atomic E-state index is -0.397. The van der Waals surface area contributed by atoms with E-state index in [0.29, 0.717) is 22.5 Å². The predicted octanol–water partition coefficient (Wildman–Crippen LogP) is 3.96. The predicted molar refractivity (Wildman–Crippen MR) is 113 cm³/mol. The largest absolute Gasteiger partial charge is 0.343 e. The van der Waals surface area contributed by atoms with Crippen molar-refractivity contribution in [3.8, 4) is 0 Å². The Morgan fingerprint density at radius 3 is 1.90 bits per heavy atom. The molecule has 3 amide bonds. The molecular formula is C22H18ClN3O3. The average Bonchev–Trinajstić information content (AvgIpc) is 2.75. The molecule has 3 N–H and O–H groups in total. The van der Waals surface area contributed by atoms with E-state index in [4.69, 9.17) is 11.6 Å². The van der Waals surface area contributed by atoms with Gasteiger partial charge in [-0.25, -0.2) is 0 Å². The summed E-state index contributed by atoms with van der Waals surface area (Å²) in [5.74, 6) is -1.02. The summed E-state index contributed by atoms with van der Waals surface area (Å²) in [6, 6.07) is 22.1. The third-order valence-electron chi connectivity index (χ3n) is 3.98. The first kappa shape index (κ1) is 20.1. The van der Waals surface area contributed by atoms with Gasteiger partial charge in [0, 0.05) is 16.8 Å². The van der Waals surface area contributed by atoms with Crippen LogP contribution in [-0.2, 0) is 4.79 Å². The number of benzene rings is 3. The summed E-state index contributed by atoms with van der Waals surface area (Å²) in [4.78, 5) is 36.3. The van der Waals surface area contributed by atoms with Crippen molar-refractivity contribution in [2.45, 2.75) is 0 Å². The molecule has 0 unspecified atom stereocenters. The molecule has 3 rings (SSSR count). The fraction of sp³-hybridized carbons (Fsp3) is 0.0455. The maximum atomic E-state index is 12.2. The molecule has 0 aliphatic rings. The Kier molecular flexibility index (Phi) is 6.60. The van der Waals surface area contributed by atoms with Crippen LogP contribution in [0, 0.1) is 0 Å². The lowest BCUT2D eigenvalue weighted by atomic mass is 10.2. The van der Waals surface area contributed by atoms with Crippen LogP contribution in [0.15, 0.2) is 78.9 Å². The molecule has 146 valence electrons. The van der Waals surface area contributed by atoms with Crippen LogP contribution in [0.3, 0.4) is 0 Å². The van der Waals surface area contributed by atoms with Gasteiger partial charge in [-0.05, 0) is 42.5 Å². The molecule has 0 saturated carbocycles. The summed E-state index contributed by atoms with van der Waals surface area (Å²) in [5, 5.41) is 8.20. The van der Waals surface area contributed by atoms with Crippen LogP contribution in [0.2, 0.25) is 5.02 Å². The highest BCUT2D eigenvalue weighted by Gasteiger charge is 2.11. The molecule has 3 aromatic rings. The number of carbonyl (C=O) groups is 3. The van der Waals surface area contributed by atoms with Crippen molar-refractivity contribution in [1.29, 1.82) is 0 Å². The number of amides is 3. The lowest BCUT2D eigenvalue weighted by Gasteiger charge is -2.11. The second-order valence-electron chi connectivity index (χ2n) is 6.11. The molecule has 0 spiro atoms. The van der Waals surface area contributed by atoms with Gasteiger partial charge in [0.25, 0.3) is 11.8 Å². The van der Waals surface area contributed by atoms with Crippen LogP contribution in [0.1, 0.15) is 20.7 Å². The summed E-state index contributed by atoms with van der Waals surface area (Å²) in [7, 11) is 0. The first-order valence-corrected chi connectivity index (χ1v) is 9.20. The molecule has 0 aromatic heterocycles. The lowest BCUT2D eigenvalue weighted by molar-refractivity contribution is -0.115. The Morgan fingerprint density at radius 1 is 0.724 bits per heavy atom. The van der Waals surface area contributed by atoms with E-state index in [1.807, 2.05) is 6.07 Å². The fourth-order valence-electron chi connectivity index (χ4n) is 2.54. The molecule has 7 heteroatoms. The molecule has 3 aromatic carbocycles. The zero-order valence-electron chi connectivity index (χ0n) is 15.3. The molecular weight excluding hydrogens is 390 g/mol. The van der Waals surface area contributed by atoms with E-state index in [2.05, 4.69) is 16.0 Å². The van der Waals surface area contributed by atoms with E-state index in [-0.39, 0.29) is 23.4 Å². The van der Waals surface area contributed by atoms with Gasteiger partial charge in [-0.3, -0.25) is 14.4 Å². The van der Waals surface area contributed by atoms with Gasteiger partial charge >= 0.3 is 0 Å². The monoisotopic (exact) mass is 407 g/mol. The second kappa shape index (κ2) is 9.52. The number of carbonyl (C=O) groups excluding carboxylic acids is 3. The maximum absolute atomic E-state index is 12.2. The summed E-state index contributed by atoms with van der Waals surface area (Å²) < 4.78 is 0. The van der Waals surface area contributed by atoms with Crippen molar-refractivity contribution in [1.82, 2.24) is 5.32 Å². The summed E-state index contributed by atoms with van der Waals surface area (Å²) in [6.07, 6.45) is 0. The molecule has 0 heterocycles. The highest BCUT2D eigenvalue weighted by molar-refractivity contribution is 6.34. The van der Waals surface area contributed by atoms with Crippen molar-refractivity contribution in [3.05, 3.63) is 95.0 Å². The molecule has 0 radical (unpaired) electrons. The van der Waals surface area contributed by atoms with E-state index in [1.165, 1.54) is 6.07 Å². The first-order chi connectivity index (χ1) is 14.0. The SMILES string of the molecule is O=C(CNC(=O)c1ccccc1)Nc1ccc(NC(=O)c2ccccc2)c(Cl)c1. The van der Waals surface area contributed by atoms with Crippen molar-refractivity contribution in [2.24, 2.45) is 0 Å². The Bertz CT molecular complexity index is 1020. The smallest absolute Gasteiger partial charge is 0.255 e. The lowest BCUT2D eigenvalue weighted by Crippen LogP contribution is -2.32. The molecule has 0 atom stereocenters. The zero-order valence-corrected chi connectivity index (χ0v) is 16.1. The molecule has 6 nitrogen and oxygen atoms in total. The van der Waals surface area contributed by atoms with Crippen LogP contribution in [-0.4, -0.2) is 24.3 Å². The highest BCUT2D eigenvalue weighted by Crippen LogP contribution is 2.26. The Morgan fingerprint density at radius 2 is 1.31 bits per heavy atom.